The molecule has 0 atom stereocenters. The molecule has 0 saturated heterocycles. The molecule has 12 aromatic rings. The molecule has 3 heterocycles. The first-order chi connectivity index (χ1) is 33.2. The van der Waals surface area contributed by atoms with Crippen LogP contribution >= 0.6 is 0 Å². The van der Waals surface area contributed by atoms with Crippen LogP contribution in [0.5, 0.6) is 0 Å². The highest BCUT2D eigenvalue weighted by Gasteiger charge is 2.24. The van der Waals surface area contributed by atoms with E-state index in [1.54, 1.807) is 0 Å². The molecule has 0 radical (unpaired) electrons. The molecule has 0 aliphatic rings. The topological polar surface area (TPSA) is 82.3 Å². The highest BCUT2D eigenvalue weighted by molar-refractivity contribution is 6.20. The Balaban J connectivity index is 1.18. The van der Waals surface area contributed by atoms with E-state index in [0.29, 0.717) is 34.9 Å². The minimum Gasteiger partial charge on any atom is -0.309 e. The summed E-state index contributed by atoms with van der Waals surface area (Å²) < 4.78 is 2.40. The van der Waals surface area contributed by atoms with Crippen molar-refractivity contribution < 1.29 is 0 Å². The van der Waals surface area contributed by atoms with Crippen LogP contribution in [0.4, 0.5) is 0 Å². The molecular formula is C60H39N7. The Morgan fingerprint density at radius 1 is 0.254 bits per heavy atom. The molecule has 9 aromatic carbocycles. The summed E-state index contributed by atoms with van der Waals surface area (Å²) in [7, 11) is 0. The lowest BCUT2D eigenvalue weighted by molar-refractivity contribution is 1.07. The van der Waals surface area contributed by atoms with Crippen LogP contribution in [-0.4, -0.2) is 34.5 Å². The van der Waals surface area contributed by atoms with Gasteiger partial charge in [0.1, 0.15) is 0 Å². The predicted octanol–water partition coefficient (Wildman–Crippen LogP) is 14.5. The van der Waals surface area contributed by atoms with Gasteiger partial charge in [0, 0.05) is 55.4 Å². The van der Waals surface area contributed by atoms with E-state index in [9.17, 15) is 0 Å². The van der Waals surface area contributed by atoms with Crippen LogP contribution in [0.2, 0.25) is 0 Å². The van der Waals surface area contributed by atoms with Crippen LogP contribution in [0.1, 0.15) is 0 Å². The fourth-order valence-corrected chi connectivity index (χ4v) is 8.99. The summed E-state index contributed by atoms with van der Waals surface area (Å²) in [6.07, 6.45) is 0. The standard InChI is InChI=1S/C60H39N7/c1-7-21-40(22-8-1)47-37-38-49(53-50-33-19-20-34-52(50)67(54(47)53)46-31-17-6-18-32-46)48-36-35-45(59-63-55(41-23-9-2-10-24-41)61-56(64-59)42-25-11-3-12-26-42)39-51(48)60-65-57(43-27-13-4-14-28-43)62-58(66-60)44-29-15-5-16-30-44/h1-39H. The van der Waals surface area contributed by atoms with Gasteiger partial charge in [-0.2, -0.15) is 0 Å². The average Bonchev–Trinajstić information content (AvgIpc) is 3.77. The Kier molecular flexibility index (Phi) is 10.0. The number of fused-ring (bicyclic) bond motifs is 3. The van der Waals surface area contributed by atoms with Crippen LogP contribution < -0.4 is 0 Å². The van der Waals surface area contributed by atoms with Gasteiger partial charge < -0.3 is 4.57 Å². The number of hydrogen-bond acceptors (Lipinski definition) is 6. The second kappa shape index (κ2) is 17.1. The van der Waals surface area contributed by atoms with Crippen molar-refractivity contribution in [3.8, 4) is 96.3 Å². The highest BCUT2D eigenvalue weighted by Crippen LogP contribution is 2.46. The third-order valence-corrected chi connectivity index (χ3v) is 12.1. The molecule has 0 fully saturated rings. The molecule has 7 heteroatoms. The van der Waals surface area contributed by atoms with Gasteiger partial charge in [0.25, 0.3) is 0 Å². The summed E-state index contributed by atoms with van der Waals surface area (Å²) >= 11 is 0. The van der Waals surface area contributed by atoms with Gasteiger partial charge in [-0.05, 0) is 41.0 Å². The Labute approximate surface area is 387 Å². The van der Waals surface area contributed by atoms with Crippen molar-refractivity contribution in [1.29, 1.82) is 0 Å². The van der Waals surface area contributed by atoms with Crippen LogP contribution in [0.3, 0.4) is 0 Å². The van der Waals surface area contributed by atoms with Crippen molar-refractivity contribution in [2.45, 2.75) is 0 Å². The Morgan fingerprint density at radius 3 is 1.12 bits per heavy atom. The van der Waals surface area contributed by atoms with E-state index in [1.165, 1.54) is 0 Å². The maximum absolute atomic E-state index is 5.33. The Morgan fingerprint density at radius 2 is 0.627 bits per heavy atom. The number of aromatic nitrogens is 7. The Bertz CT molecular complexity index is 3600. The van der Waals surface area contributed by atoms with Crippen LogP contribution in [-0.2, 0) is 0 Å². The third kappa shape index (κ3) is 7.40. The lowest BCUT2D eigenvalue weighted by atomic mass is 9.90. The molecule has 0 saturated carbocycles. The van der Waals surface area contributed by atoms with Gasteiger partial charge in [-0.25, -0.2) is 29.9 Å². The lowest BCUT2D eigenvalue weighted by Crippen LogP contribution is -2.03. The van der Waals surface area contributed by atoms with Crippen LogP contribution in [0.15, 0.2) is 237 Å². The first-order valence-corrected chi connectivity index (χ1v) is 22.3. The molecule has 0 spiro atoms. The van der Waals surface area contributed by atoms with Crippen LogP contribution in [0, 0.1) is 0 Å². The van der Waals surface area contributed by atoms with E-state index in [2.05, 4.69) is 120 Å². The normalized spacial score (nSPS) is 11.3. The van der Waals surface area contributed by atoms with E-state index in [0.717, 1.165) is 83.1 Å². The summed E-state index contributed by atoms with van der Waals surface area (Å²) in [6, 6.07) is 81.2. The van der Waals surface area contributed by atoms with Crippen molar-refractivity contribution in [3.05, 3.63) is 237 Å². The second-order valence-electron chi connectivity index (χ2n) is 16.3. The van der Waals surface area contributed by atoms with Gasteiger partial charge in [-0.3, -0.25) is 0 Å². The summed E-state index contributed by atoms with van der Waals surface area (Å²) in [5.74, 6) is 3.37. The molecule has 0 bridgehead atoms. The van der Waals surface area contributed by atoms with Crippen molar-refractivity contribution >= 4 is 21.8 Å². The molecule has 12 rings (SSSR count). The largest absolute Gasteiger partial charge is 0.309 e. The fraction of sp³-hybridized carbons (Fsp3) is 0. The van der Waals surface area contributed by atoms with Crippen molar-refractivity contribution in [3.63, 3.8) is 0 Å². The van der Waals surface area contributed by atoms with Gasteiger partial charge in [-0.15, -0.1) is 0 Å². The van der Waals surface area contributed by atoms with Gasteiger partial charge in [0.15, 0.2) is 34.9 Å². The molecule has 67 heavy (non-hydrogen) atoms. The number of hydrogen-bond donors (Lipinski definition) is 0. The zero-order valence-corrected chi connectivity index (χ0v) is 36.1. The number of benzene rings is 9. The predicted molar refractivity (Wildman–Crippen MR) is 271 cm³/mol. The lowest BCUT2D eigenvalue weighted by Gasteiger charge is -2.17. The molecule has 7 nitrogen and oxygen atoms in total. The van der Waals surface area contributed by atoms with Gasteiger partial charge in [0.2, 0.25) is 0 Å². The molecule has 0 unspecified atom stereocenters. The average molecular weight is 858 g/mol. The van der Waals surface area contributed by atoms with Gasteiger partial charge in [-0.1, -0.05) is 212 Å². The van der Waals surface area contributed by atoms with E-state index in [1.807, 2.05) is 121 Å². The molecular weight excluding hydrogens is 819 g/mol. The summed E-state index contributed by atoms with van der Waals surface area (Å²) in [5.41, 5.74) is 12.7. The first kappa shape index (κ1) is 39.4. The summed E-state index contributed by atoms with van der Waals surface area (Å²) in [5, 5.41) is 2.25. The zero-order valence-electron chi connectivity index (χ0n) is 36.1. The minimum absolute atomic E-state index is 0.525. The summed E-state index contributed by atoms with van der Waals surface area (Å²) in [6.45, 7) is 0. The van der Waals surface area contributed by atoms with Crippen molar-refractivity contribution in [2.24, 2.45) is 0 Å². The van der Waals surface area contributed by atoms with Gasteiger partial charge in [0.05, 0.1) is 11.0 Å². The number of para-hydroxylation sites is 2. The fourth-order valence-electron chi connectivity index (χ4n) is 8.99. The molecule has 0 aliphatic heterocycles. The molecule has 0 N–H and O–H groups in total. The van der Waals surface area contributed by atoms with E-state index < -0.39 is 0 Å². The maximum Gasteiger partial charge on any atom is 0.164 e. The smallest absolute Gasteiger partial charge is 0.164 e. The van der Waals surface area contributed by atoms with Gasteiger partial charge >= 0.3 is 0 Å². The monoisotopic (exact) mass is 857 g/mol. The molecule has 0 amide bonds. The quantitative estimate of drug-likeness (QED) is 0.144. The summed E-state index contributed by atoms with van der Waals surface area (Å²) in [4.78, 5) is 31.1. The van der Waals surface area contributed by atoms with E-state index in [-0.39, 0.29) is 0 Å². The number of nitrogens with zero attached hydrogens (tertiary/aromatic N) is 7. The number of rotatable bonds is 9. The van der Waals surface area contributed by atoms with Crippen molar-refractivity contribution in [1.82, 2.24) is 34.5 Å². The van der Waals surface area contributed by atoms with Crippen LogP contribution in [0.25, 0.3) is 118 Å². The minimum atomic E-state index is 0.525. The first-order valence-electron chi connectivity index (χ1n) is 22.3. The highest BCUT2D eigenvalue weighted by atomic mass is 15.0. The Hall–Kier alpha value is -9.20. The second-order valence-corrected chi connectivity index (χ2v) is 16.3. The maximum atomic E-state index is 5.33. The molecule has 0 aliphatic carbocycles. The van der Waals surface area contributed by atoms with Crippen molar-refractivity contribution in [2.75, 3.05) is 0 Å². The van der Waals surface area contributed by atoms with E-state index in [4.69, 9.17) is 29.9 Å². The molecule has 314 valence electrons. The third-order valence-electron chi connectivity index (χ3n) is 12.1. The SMILES string of the molecule is c1ccc(-c2nc(-c3ccccc3)nc(-c3ccc(-c4ccc(-c5ccccc5)c5c4c4ccccc4n5-c4ccccc4)c(-c4nc(-c5ccccc5)nc(-c5ccccc5)n4)c3)n2)cc1. The zero-order chi connectivity index (χ0) is 44.5. The van der Waals surface area contributed by atoms with E-state index >= 15 is 0 Å². The molecule has 3 aromatic heterocycles.